The third kappa shape index (κ3) is 5.09. The van der Waals surface area contributed by atoms with Crippen molar-refractivity contribution in [3.05, 3.63) is 182 Å². The summed E-state index contributed by atoms with van der Waals surface area (Å²) in [5.41, 5.74) is 12.0. The number of benzene rings is 8. The predicted molar refractivity (Wildman–Crippen MR) is 225 cm³/mol. The second kappa shape index (κ2) is 12.3. The minimum absolute atomic E-state index is 0.605. The molecule has 8 aromatic carbocycles. The maximum Gasteiger partial charge on any atom is 0.227 e. The van der Waals surface area contributed by atoms with Crippen LogP contribution < -0.4 is 4.90 Å². The van der Waals surface area contributed by atoms with Gasteiger partial charge in [-0.2, -0.15) is 0 Å². The number of anilines is 3. The molecule has 0 amide bonds. The Morgan fingerprint density at radius 2 is 1.02 bits per heavy atom. The average Bonchev–Trinajstić information content (AvgIpc) is 3.95. The quantitative estimate of drug-likeness (QED) is 0.172. The predicted octanol–water partition coefficient (Wildman–Crippen LogP) is 14.6. The highest BCUT2D eigenvalue weighted by atomic mass is 32.1. The highest BCUT2D eigenvalue weighted by molar-refractivity contribution is 7.25. The summed E-state index contributed by atoms with van der Waals surface area (Å²) in [7, 11) is 0. The molecule has 0 bridgehead atoms. The molecule has 0 spiro atoms. The van der Waals surface area contributed by atoms with Crippen LogP contribution in [0.2, 0.25) is 0 Å². The number of fused-ring (bicyclic) bond motifs is 8. The van der Waals surface area contributed by atoms with E-state index in [0.29, 0.717) is 5.89 Å². The minimum Gasteiger partial charge on any atom is -0.456 e. The first-order valence-electron chi connectivity index (χ1n) is 18.0. The molecule has 0 unspecified atom stereocenters. The molecule has 254 valence electrons. The Morgan fingerprint density at radius 1 is 0.389 bits per heavy atom. The lowest BCUT2D eigenvalue weighted by Crippen LogP contribution is -2.09. The Balaban J connectivity index is 0.993. The summed E-state index contributed by atoms with van der Waals surface area (Å²) in [4.78, 5) is 7.27. The zero-order valence-corrected chi connectivity index (χ0v) is 29.8. The van der Waals surface area contributed by atoms with Crippen LogP contribution >= 0.6 is 11.3 Å². The second-order valence-electron chi connectivity index (χ2n) is 13.6. The molecule has 0 saturated carbocycles. The summed E-state index contributed by atoms with van der Waals surface area (Å²) >= 11 is 1.84. The monoisotopic (exact) mass is 710 g/mol. The lowest BCUT2D eigenvalue weighted by atomic mass is 10.0. The van der Waals surface area contributed by atoms with Crippen LogP contribution in [0.25, 0.3) is 86.9 Å². The highest BCUT2D eigenvalue weighted by Crippen LogP contribution is 2.43. The molecule has 0 atom stereocenters. The molecule has 54 heavy (non-hydrogen) atoms. The Hall–Kier alpha value is -6.95. The number of thiophene rings is 1. The van der Waals surface area contributed by atoms with Crippen LogP contribution in [0.4, 0.5) is 17.1 Å². The molecule has 11 aromatic rings. The molecule has 4 nitrogen and oxygen atoms in total. The fourth-order valence-electron chi connectivity index (χ4n) is 7.70. The zero-order chi connectivity index (χ0) is 35.6. The molecule has 0 radical (unpaired) electrons. The largest absolute Gasteiger partial charge is 0.456 e. The van der Waals surface area contributed by atoms with Crippen LogP contribution in [0.5, 0.6) is 0 Å². The van der Waals surface area contributed by atoms with Gasteiger partial charge in [-0.05, 0) is 101 Å². The van der Waals surface area contributed by atoms with E-state index in [1.807, 2.05) is 53.8 Å². The van der Waals surface area contributed by atoms with Gasteiger partial charge in [0.25, 0.3) is 0 Å². The molecule has 5 heteroatoms. The lowest BCUT2D eigenvalue weighted by molar-refractivity contribution is 0.619. The first kappa shape index (κ1) is 30.7. The van der Waals surface area contributed by atoms with Gasteiger partial charge in [0.1, 0.15) is 16.7 Å². The Kier molecular flexibility index (Phi) is 7.00. The molecule has 0 N–H and O–H groups in total. The van der Waals surface area contributed by atoms with Gasteiger partial charge >= 0.3 is 0 Å². The van der Waals surface area contributed by atoms with E-state index in [4.69, 9.17) is 13.8 Å². The van der Waals surface area contributed by atoms with Crippen molar-refractivity contribution in [1.29, 1.82) is 0 Å². The Labute approximate surface area is 314 Å². The van der Waals surface area contributed by atoms with E-state index in [0.717, 1.165) is 66.8 Å². The molecule has 3 aromatic heterocycles. The van der Waals surface area contributed by atoms with Gasteiger partial charge in [-0.15, -0.1) is 11.3 Å². The number of hydrogen-bond acceptors (Lipinski definition) is 5. The maximum atomic E-state index is 6.43. The number of rotatable bonds is 6. The van der Waals surface area contributed by atoms with Gasteiger partial charge in [-0.1, -0.05) is 103 Å². The number of nitrogens with zero attached hydrogens (tertiary/aromatic N) is 2. The number of oxazole rings is 1. The minimum atomic E-state index is 0.605. The SMILES string of the molecule is c1ccc(-c2cccc(N(c3ccc(-c4ccc5c(c4)oc4ccc6oc(-c7ccccc7)nc6c45)cc3)c3ccc4c(c3)sc3ccccc34)c2)cc1. The molecule has 11 rings (SSSR count). The van der Waals surface area contributed by atoms with E-state index in [-0.39, 0.29) is 0 Å². The van der Waals surface area contributed by atoms with Crippen LogP contribution in [0.3, 0.4) is 0 Å². The average molecular weight is 711 g/mol. The van der Waals surface area contributed by atoms with E-state index in [9.17, 15) is 0 Å². The molecule has 3 heterocycles. The third-order valence-electron chi connectivity index (χ3n) is 10.3. The standard InChI is InChI=1S/C49H30N2O2S/c1-3-10-31(11-4-1)34-14-9-15-37(28-34)51(38-23-25-40-39-16-7-8-17-45(39)54-46(40)30-38)36-21-18-32(19-22-36)35-20-24-41-44(29-35)52-42-26-27-43-48(47(41)42)50-49(53-43)33-12-5-2-6-13-33/h1-30H. The van der Waals surface area contributed by atoms with Crippen molar-refractivity contribution < 1.29 is 8.83 Å². The maximum absolute atomic E-state index is 6.43. The molecular formula is C49H30N2O2S. The van der Waals surface area contributed by atoms with Crippen LogP contribution in [0.15, 0.2) is 191 Å². The summed E-state index contributed by atoms with van der Waals surface area (Å²) in [5, 5.41) is 4.58. The molecular weight excluding hydrogens is 681 g/mol. The van der Waals surface area contributed by atoms with Crippen molar-refractivity contribution >= 4 is 81.6 Å². The lowest BCUT2D eigenvalue weighted by Gasteiger charge is -2.26. The normalized spacial score (nSPS) is 11.7. The van der Waals surface area contributed by atoms with Crippen molar-refractivity contribution in [2.24, 2.45) is 0 Å². The van der Waals surface area contributed by atoms with Gasteiger partial charge in [-0.3, -0.25) is 0 Å². The van der Waals surface area contributed by atoms with Gasteiger partial charge < -0.3 is 13.7 Å². The van der Waals surface area contributed by atoms with E-state index >= 15 is 0 Å². The van der Waals surface area contributed by atoms with Crippen molar-refractivity contribution in [1.82, 2.24) is 4.98 Å². The first-order chi connectivity index (χ1) is 26.7. The molecule has 0 fully saturated rings. The van der Waals surface area contributed by atoms with Gasteiger partial charge in [0, 0.05) is 48.2 Å². The second-order valence-corrected chi connectivity index (χ2v) is 14.6. The topological polar surface area (TPSA) is 42.4 Å². The Bertz CT molecular complexity index is 3160. The van der Waals surface area contributed by atoms with E-state index < -0.39 is 0 Å². The van der Waals surface area contributed by atoms with Crippen molar-refractivity contribution in [3.8, 4) is 33.7 Å². The molecule has 0 aliphatic carbocycles. The van der Waals surface area contributed by atoms with Crippen LogP contribution in [0.1, 0.15) is 0 Å². The number of aromatic nitrogens is 1. The zero-order valence-electron chi connectivity index (χ0n) is 28.9. The molecule has 0 saturated heterocycles. The third-order valence-corrected chi connectivity index (χ3v) is 11.4. The van der Waals surface area contributed by atoms with Crippen LogP contribution in [-0.4, -0.2) is 4.98 Å². The van der Waals surface area contributed by atoms with Gasteiger partial charge in [0.15, 0.2) is 5.58 Å². The van der Waals surface area contributed by atoms with Crippen LogP contribution in [-0.2, 0) is 0 Å². The fraction of sp³-hybridized carbons (Fsp3) is 0. The van der Waals surface area contributed by atoms with Crippen molar-refractivity contribution in [2.75, 3.05) is 4.90 Å². The smallest absolute Gasteiger partial charge is 0.227 e. The van der Waals surface area contributed by atoms with E-state index in [1.165, 1.54) is 31.3 Å². The Morgan fingerprint density at radius 3 is 1.87 bits per heavy atom. The summed E-state index contributed by atoms with van der Waals surface area (Å²) in [6, 6.07) is 64.1. The van der Waals surface area contributed by atoms with Crippen LogP contribution in [0, 0.1) is 0 Å². The van der Waals surface area contributed by atoms with Crippen molar-refractivity contribution in [2.45, 2.75) is 0 Å². The molecule has 0 aliphatic rings. The van der Waals surface area contributed by atoms with Gasteiger partial charge in [-0.25, -0.2) is 4.98 Å². The number of hydrogen-bond donors (Lipinski definition) is 0. The number of furan rings is 1. The van der Waals surface area contributed by atoms with E-state index in [2.05, 4.69) is 144 Å². The first-order valence-corrected chi connectivity index (χ1v) is 18.8. The summed E-state index contributed by atoms with van der Waals surface area (Å²) < 4.78 is 15.2. The summed E-state index contributed by atoms with van der Waals surface area (Å²) in [6.07, 6.45) is 0. The fourth-order valence-corrected chi connectivity index (χ4v) is 8.83. The highest BCUT2D eigenvalue weighted by Gasteiger charge is 2.19. The summed E-state index contributed by atoms with van der Waals surface area (Å²) in [5.74, 6) is 0.605. The van der Waals surface area contributed by atoms with Crippen molar-refractivity contribution in [3.63, 3.8) is 0 Å². The van der Waals surface area contributed by atoms with Gasteiger partial charge in [0.2, 0.25) is 5.89 Å². The summed E-state index contributed by atoms with van der Waals surface area (Å²) in [6.45, 7) is 0. The van der Waals surface area contributed by atoms with Gasteiger partial charge in [0.05, 0.1) is 5.39 Å². The molecule has 0 aliphatic heterocycles. The van der Waals surface area contributed by atoms with E-state index in [1.54, 1.807) is 0 Å².